The van der Waals surface area contributed by atoms with Crippen molar-refractivity contribution in [3.8, 4) is 23.3 Å². The number of ether oxygens (including phenoxy) is 5. The molecule has 2 heterocycles. The van der Waals surface area contributed by atoms with Crippen LogP contribution in [0.3, 0.4) is 0 Å². The molecule has 3 aromatic rings. The minimum absolute atomic E-state index is 0.233. The number of hydrogen-bond acceptors (Lipinski definition) is 8. The van der Waals surface area contributed by atoms with Gasteiger partial charge in [0.2, 0.25) is 6.79 Å². The molecule has 0 amide bonds. The second kappa shape index (κ2) is 7.77. The number of methoxy groups -OCH3 is 2. The summed E-state index contributed by atoms with van der Waals surface area (Å²) in [5.74, 6) is 2.04. The molecule has 0 saturated carbocycles. The zero-order valence-corrected chi connectivity index (χ0v) is 15.7. The zero-order chi connectivity index (χ0) is 19.5. The van der Waals surface area contributed by atoms with Crippen molar-refractivity contribution in [1.29, 1.82) is 0 Å². The Labute approximate surface area is 162 Å². The first kappa shape index (κ1) is 18.1. The quantitative estimate of drug-likeness (QED) is 0.491. The molecule has 0 spiro atoms. The average Bonchev–Trinajstić information content (AvgIpc) is 3.16. The van der Waals surface area contributed by atoms with Gasteiger partial charge < -0.3 is 29.4 Å². The molecular weight excluding hydrogens is 362 g/mol. The van der Waals surface area contributed by atoms with Crippen molar-refractivity contribution >= 4 is 16.6 Å². The van der Waals surface area contributed by atoms with Gasteiger partial charge in [0.15, 0.2) is 11.5 Å². The Morgan fingerprint density at radius 3 is 2.71 bits per heavy atom. The van der Waals surface area contributed by atoms with Crippen LogP contribution in [0.1, 0.15) is 11.3 Å². The van der Waals surface area contributed by atoms with Gasteiger partial charge in [0, 0.05) is 18.9 Å². The lowest BCUT2D eigenvalue weighted by Gasteiger charge is -2.13. The molecule has 0 saturated heterocycles. The van der Waals surface area contributed by atoms with Gasteiger partial charge in [-0.1, -0.05) is 6.07 Å². The van der Waals surface area contributed by atoms with E-state index in [1.165, 1.54) is 0 Å². The van der Waals surface area contributed by atoms with Gasteiger partial charge in [-0.2, -0.15) is 9.97 Å². The van der Waals surface area contributed by atoms with Crippen LogP contribution in [0.2, 0.25) is 0 Å². The highest BCUT2D eigenvalue weighted by atomic mass is 16.7. The normalized spacial score (nSPS) is 12.4. The second-order valence-electron chi connectivity index (χ2n) is 6.23. The standard InChI is InChI=1S/C20H21N3O5/c1-24-7-8-26-20-22-13-4-6-16(25-2)19(21)18(13)14(23-20)9-12-3-5-15-17(10-12)28-11-27-15/h3-6,10H,7-9,11,21H2,1-2H3. The number of benzene rings is 2. The van der Waals surface area contributed by atoms with E-state index in [1.54, 1.807) is 20.3 Å². The molecule has 0 radical (unpaired) electrons. The monoisotopic (exact) mass is 383 g/mol. The lowest BCUT2D eigenvalue weighted by atomic mass is 10.0. The molecule has 146 valence electrons. The molecule has 1 aromatic heterocycles. The molecule has 1 aliphatic rings. The van der Waals surface area contributed by atoms with E-state index in [1.807, 2.05) is 24.3 Å². The third-order valence-corrected chi connectivity index (χ3v) is 4.47. The average molecular weight is 383 g/mol. The van der Waals surface area contributed by atoms with E-state index in [0.717, 1.165) is 28.1 Å². The molecule has 0 bridgehead atoms. The van der Waals surface area contributed by atoms with Crippen LogP contribution in [-0.4, -0.2) is 44.2 Å². The summed E-state index contributed by atoms with van der Waals surface area (Å²) in [6.45, 7) is 1.04. The highest BCUT2D eigenvalue weighted by molar-refractivity contribution is 5.95. The number of nitrogen functional groups attached to an aromatic ring is 1. The van der Waals surface area contributed by atoms with Crippen LogP contribution in [-0.2, 0) is 11.2 Å². The molecule has 8 heteroatoms. The Hall–Kier alpha value is -3.26. The van der Waals surface area contributed by atoms with Gasteiger partial charge in [0.05, 0.1) is 30.6 Å². The molecular formula is C20H21N3O5. The van der Waals surface area contributed by atoms with Gasteiger partial charge in [-0.25, -0.2) is 0 Å². The predicted octanol–water partition coefficient (Wildman–Crippen LogP) is 2.57. The molecule has 28 heavy (non-hydrogen) atoms. The van der Waals surface area contributed by atoms with Crippen molar-refractivity contribution in [2.24, 2.45) is 0 Å². The van der Waals surface area contributed by atoms with E-state index >= 15 is 0 Å². The fourth-order valence-corrected chi connectivity index (χ4v) is 3.12. The molecule has 0 unspecified atom stereocenters. The molecule has 0 fully saturated rings. The maximum absolute atomic E-state index is 6.34. The number of fused-ring (bicyclic) bond motifs is 2. The summed E-state index contributed by atoms with van der Waals surface area (Å²) in [6.07, 6.45) is 0.521. The Kier molecular flexibility index (Phi) is 5.03. The van der Waals surface area contributed by atoms with E-state index < -0.39 is 0 Å². The summed E-state index contributed by atoms with van der Waals surface area (Å²) in [5.41, 5.74) is 9.28. The Bertz CT molecular complexity index is 1010. The van der Waals surface area contributed by atoms with Crippen molar-refractivity contribution in [1.82, 2.24) is 9.97 Å². The lowest BCUT2D eigenvalue weighted by Crippen LogP contribution is -2.09. The van der Waals surface area contributed by atoms with Gasteiger partial charge >= 0.3 is 6.01 Å². The first-order valence-electron chi connectivity index (χ1n) is 8.83. The van der Waals surface area contributed by atoms with Gasteiger partial charge in [-0.15, -0.1) is 0 Å². The van der Waals surface area contributed by atoms with E-state index in [0.29, 0.717) is 36.6 Å². The summed E-state index contributed by atoms with van der Waals surface area (Å²) < 4.78 is 26.9. The van der Waals surface area contributed by atoms with Crippen LogP contribution < -0.4 is 24.7 Å². The van der Waals surface area contributed by atoms with Crippen LogP contribution in [0.25, 0.3) is 10.9 Å². The number of anilines is 1. The fraction of sp³-hybridized carbons (Fsp3) is 0.300. The third kappa shape index (κ3) is 3.46. The maximum Gasteiger partial charge on any atom is 0.317 e. The van der Waals surface area contributed by atoms with Crippen LogP contribution in [0, 0.1) is 0 Å². The fourth-order valence-electron chi connectivity index (χ4n) is 3.12. The minimum Gasteiger partial charge on any atom is -0.495 e. The van der Waals surface area contributed by atoms with Crippen LogP contribution in [0.5, 0.6) is 23.3 Å². The van der Waals surface area contributed by atoms with Crippen molar-refractivity contribution in [3.63, 3.8) is 0 Å². The minimum atomic E-state index is 0.233. The number of aromatic nitrogens is 2. The van der Waals surface area contributed by atoms with Gasteiger partial charge in [0.1, 0.15) is 12.4 Å². The predicted molar refractivity (Wildman–Crippen MR) is 103 cm³/mol. The molecule has 8 nitrogen and oxygen atoms in total. The van der Waals surface area contributed by atoms with Crippen molar-refractivity contribution in [3.05, 3.63) is 41.6 Å². The lowest BCUT2D eigenvalue weighted by molar-refractivity contribution is 0.141. The second-order valence-corrected chi connectivity index (χ2v) is 6.23. The number of hydrogen-bond donors (Lipinski definition) is 1. The molecule has 1 aliphatic heterocycles. The summed E-state index contributed by atoms with van der Waals surface area (Å²) in [6, 6.07) is 9.72. The highest BCUT2D eigenvalue weighted by Crippen LogP contribution is 2.36. The van der Waals surface area contributed by atoms with Crippen molar-refractivity contribution < 1.29 is 23.7 Å². The molecule has 0 atom stereocenters. The number of nitrogens with zero attached hydrogens (tertiary/aromatic N) is 2. The summed E-state index contributed by atoms with van der Waals surface area (Å²) >= 11 is 0. The smallest absolute Gasteiger partial charge is 0.317 e. The summed E-state index contributed by atoms with van der Waals surface area (Å²) in [5, 5.41) is 0.746. The molecule has 0 aliphatic carbocycles. The topological polar surface area (TPSA) is 98.0 Å². The maximum atomic E-state index is 6.34. The third-order valence-electron chi connectivity index (χ3n) is 4.47. The van der Waals surface area contributed by atoms with Crippen LogP contribution in [0.15, 0.2) is 30.3 Å². The molecule has 2 N–H and O–H groups in total. The van der Waals surface area contributed by atoms with E-state index in [2.05, 4.69) is 9.97 Å². The Balaban J connectivity index is 1.76. The molecule has 4 rings (SSSR count). The Morgan fingerprint density at radius 2 is 1.89 bits per heavy atom. The largest absolute Gasteiger partial charge is 0.495 e. The van der Waals surface area contributed by atoms with Gasteiger partial charge in [-0.05, 0) is 29.8 Å². The van der Waals surface area contributed by atoms with Crippen LogP contribution in [0.4, 0.5) is 5.69 Å². The van der Waals surface area contributed by atoms with Gasteiger partial charge in [-0.3, -0.25) is 0 Å². The summed E-state index contributed by atoms with van der Waals surface area (Å²) in [4.78, 5) is 9.08. The first-order valence-corrected chi connectivity index (χ1v) is 8.83. The zero-order valence-electron chi connectivity index (χ0n) is 15.7. The number of nitrogens with two attached hydrogens (primary N) is 1. The highest BCUT2D eigenvalue weighted by Gasteiger charge is 2.18. The Morgan fingerprint density at radius 1 is 1.04 bits per heavy atom. The SMILES string of the molecule is COCCOc1nc(Cc2ccc3c(c2)OCO3)c2c(N)c(OC)ccc2n1. The molecule has 2 aromatic carbocycles. The summed E-state index contributed by atoms with van der Waals surface area (Å²) in [7, 11) is 3.20. The van der Waals surface area contributed by atoms with Crippen LogP contribution >= 0.6 is 0 Å². The van der Waals surface area contributed by atoms with Crippen molar-refractivity contribution in [2.75, 3.05) is 40.0 Å². The van der Waals surface area contributed by atoms with E-state index in [9.17, 15) is 0 Å². The van der Waals surface area contributed by atoms with E-state index in [4.69, 9.17) is 29.4 Å². The van der Waals surface area contributed by atoms with Gasteiger partial charge in [0.25, 0.3) is 0 Å². The van der Waals surface area contributed by atoms with Crippen molar-refractivity contribution in [2.45, 2.75) is 6.42 Å². The van der Waals surface area contributed by atoms with E-state index in [-0.39, 0.29) is 12.8 Å². The number of rotatable bonds is 7. The first-order chi connectivity index (χ1) is 13.7.